The molecule has 0 amide bonds. The van der Waals surface area contributed by atoms with Crippen molar-refractivity contribution >= 4 is 17.3 Å². The molecule has 0 aliphatic carbocycles. The predicted molar refractivity (Wildman–Crippen MR) is 75.5 cm³/mol. The lowest BCUT2D eigenvalue weighted by atomic mass is 10.1. The van der Waals surface area contributed by atoms with Gasteiger partial charge in [0.15, 0.2) is 5.82 Å². The fourth-order valence-corrected chi connectivity index (χ4v) is 2.44. The van der Waals surface area contributed by atoms with E-state index >= 15 is 0 Å². The van der Waals surface area contributed by atoms with Crippen LogP contribution in [0.1, 0.15) is 16.2 Å². The molecule has 9 heteroatoms. The van der Waals surface area contributed by atoms with Gasteiger partial charge in [0, 0.05) is 24.8 Å². The van der Waals surface area contributed by atoms with Crippen LogP contribution in [-0.4, -0.2) is 39.3 Å². The van der Waals surface area contributed by atoms with Crippen LogP contribution in [0.2, 0.25) is 0 Å². The van der Waals surface area contributed by atoms with E-state index in [9.17, 15) is 14.9 Å². The Balaban J connectivity index is 1.95. The van der Waals surface area contributed by atoms with E-state index in [-0.39, 0.29) is 11.3 Å². The number of carbonyl (C=O) groups is 1. The van der Waals surface area contributed by atoms with E-state index in [0.717, 1.165) is 5.82 Å². The second kappa shape index (κ2) is 5.43. The Morgan fingerprint density at radius 3 is 2.95 bits per heavy atom. The van der Waals surface area contributed by atoms with Gasteiger partial charge in [0.2, 0.25) is 0 Å². The van der Waals surface area contributed by atoms with Crippen molar-refractivity contribution < 1.29 is 14.5 Å². The summed E-state index contributed by atoms with van der Waals surface area (Å²) in [5.41, 5.74) is 0.382. The van der Waals surface area contributed by atoms with E-state index in [1.54, 1.807) is 12.4 Å². The largest absolute Gasteiger partial charge is 0.465 e. The molecule has 0 fully saturated rings. The number of hydrogen-bond acceptors (Lipinski definition) is 7. The fourth-order valence-electron chi connectivity index (χ4n) is 2.44. The van der Waals surface area contributed by atoms with Gasteiger partial charge in [-0.3, -0.25) is 10.1 Å². The topological polar surface area (TPSA) is 103 Å². The Morgan fingerprint density at radius 2 is 2.23 bits per heavy atom. The van der Waals surface area contributed by atoms with Crippen LogP contribution < -0.4 is 4.90 Å². The van der Waals surface area contributed by atoms with Gasteiger partial charge in [0.25, 0.3) is 5.69 Å². The van der Waals surface area contributed by atoms with Crippen molar-refractivity contribution in [3.05, 3.63) is 46.0 Å². The van der Waals surface area contributed by atoms with Crippen molar-refractivity contribution in [3.63, 3.8) is 0 Å². The van der Waals surface area contributed by atoms with Crippen LogP contribution >= 0.6 is 0 Å². The molecule has 0 saturated heterocycles. The van der Waals surface area contributed by atoms with E-state index in [1.807, 2.05) is 9.47 Å². The Morgan fingerprint density at radius 1 is 1.41 bits per heavy atom. The number of anilines is 1. The first-order valence-electron chi connectivity index (χ1n) is 6.58. The molecular formula is C13H13N5O4. The van der Waals surface area contributed by atoms with Gasteiger partial charge in [-0.2, -0.15) is 0 Å². The normalized spacial score (nSPS) is 13.6. The van der Waals surface area contributed by atoms with Gasteiger partial charge in [-0.25, -0.2) is 4.79 Å². The summed E-state index contributed by atoms with van der Waals surface area (Å²) in [5, 5.41) is 18.9. The molecule has 3 rings (SSSR count). The third-order valence-electron chi connectivity index (χ3n) is 3.59. The molecule has 1 aliphatic heterocycles. The summed E-state index contributed by atoms with van der Waals surface area (Å²) in [7, 11) is 1.20. The van der Waals surface area contributed by atoms with Crippen LogP contribution in [0, 0.1) is 10.1 Å². The SMILES string of the molecule is COC(=O)c1cc(N2CCn3cnnc3C2)ccc1[N+](=O)[O-]. The molecule has 0 radical (unpaired) electrons. The van der Waals surface area contributed by atoms with Crippen LogP contribution in [0.4, 0.5) is 11.4 Å². The summed E-state index contributed by atoms with van der Waals surface area (Å²) in [6.45, 7) is 1.94. The van der Waals surface area contributed by atoms with Crippen LogP contribution in [0.15, 0.2) is 24.5 Å². The minimum absolute atomic E-state index is 0.0583. The Labute approximate surface area is 125 Å². The summed E-state index contributed by atoms with van der Waals surface area (Å²) in [4.78, 5) is 24.2. The van der Waals surface area contributed by atoms with E-state index in [1.165, 1.54) is 19.2 Å². The lowest BCUT2D eigenvalue weighted by Gasteiger charge is -2.29. The second-order valence-electron chi connectivity index (χ2n) is 4.81. The van der Waals surface area contributed by atoms with Gasteiger partial charge in [-0.15, -0.1) is 10.2 Å². The van der Waals surface area contributed by atoms with Gasteiger partial charge in [-0.1, -0.05) is 0 Å². The molecule has 9 nitrogen and oxygen atoms in total. The summed E-state index contributed by atoms with van der Waals surface area (Å²) in [6.07, 6.45) is 1.67. The van der Waals surface area contributed by atoms with Gasteiger partial charge in [-0.05, 0) is 12.1 Å². The molecule has 22 heavy (non-hydrogen) atoms. The molecule has 0 saturated carbocycles. The van der Waals surface area contributed by atoms with Gasteiger partial charge in [0.05, 0.1) is 18.6 Å². The lowest BCUT2D eigenvalue weighted by molar-refractivity contribution is -0.385. The second-order valence-corrected chi connectivity index (χ2v) is 4.81. The monoisotopic (exact) mass is 303 g/mol. The van der Waals surface area contributed by atoms with Crippen molar-refractivity contribution in [2.75, 3.05) is 18.6 Å². The number of nitro groups is 1. The molecule has 2 aromatic rings. The third-order valence-corrected chi connectivity index (χ3v) is 3.59. The average molecular weight is 303 g/mol. The number of aromatic nitrogens is 3. The highest BCUT2D eigenvalue weighted by Crippen LogP contribution is 2.27. The minimum Gasteiger partial charge on any atom is -0.465 e. The maximum Gasteiger partial charge on any atom is 0.344 e. The molecule has 0 atom stereocenters. The quantitative estimate of drug-likeness (QED) is 0.473. The summed E-state index contributed by atoms with van der Waals surface area (Å²) in [5.74, 6) is 0.0814. The Hall–Kier alpha value is -2.97. The van der Waals surface area contributed by atoms with Gasteiger partial charge >= 0.3 is 5.97 Å². The smallest absolute Gasteiger partial charge is 0.344 e. The molecule has 1 aromatic carbocycles. The lowest BCUT2D eigenvalue weighted by Crippen LogP contribution is -2.33. The van der Waals surface area contributed by atoms with Gasteiger partial charge in [0.1, 0.15) is 11.9 Å². The number of benzene rings is 1. The van der Waals surface area contributed by atoms with E-state index in [2.05, 4.69) is 14.9 Å². The highest BCUT2D eigenvalue weighted by atomic mass is 16.6. The fraction of sp³-hybridized carbons (Fsp3) is 0.308. The number of ether oxygens (including phenoxy) is 1. The highest BCUT2D eigenvalue weighted by Gasteiger charge is 2.24. The molecule has 0 bridgehead atoms. The summed E-state index contributed by atoms with van der Waals surface area (Å²) >= 11 is 0. The molecule has 1 aromatic heterocycles. The minimum atomic E-state index is -0.728. The average Bonchev–Trinajstić information content (AvgIpc) is 3.00. The van der Waals surface area contributed by atoms with Crippen LogP contribution in [0.25, 0.3) is 0 Å². The van der Waals surface area contributed by atoms with Crippen molar-refractivity contribution in [3.8, 4) is 0 Å². The highest BCUT2D eigenvalue weighted by molar-refractivity contribution is 5.95. The van der Waals surface area contributed by atoms with E-state index in [0.29, 0.717) is 25.3 Å². The molecule has 0 spiro atoms. The Kier molecular flexibility index (Phi) is 3.45. The number of nitro benzene ring substituents is 1. The maximum atomic E-state index is 11.8. The Bertz CT molecular complexity index is 742. The molecule has 0 N–H and O–H groups in total. The van der Waals surface area contributed by atoms with Crippen molar-refractivity contribution in [2.45, 2.75) is 13.1 Å². The predicted octanol–water partition coefficient (Wildman–Crippen LogP) is 0.993. The first kappa shape index (κ1) is 14.0. The number of rotatable bonds is 3. The summed E-state index contributed by atoms with van der Waals surface area (Å²) in [6, 6.07) is 4.42. The van der Waals surface area contributed by atoms with Crippen LogP contribution in [0.5, 0.6) is 0 Å². The zero-order valence-corrected chi connectivity index (χ0v) is 11.8. The standard InChI is InChI=1S/C13H13N5O4/c1-22-13(19)10-6-9(2-3-11(10)18(20)21)16-4-5-17-8-14-15-12(17)7-16/h2-3,6,8H,4-5,7H2,1H3. The first-order valence-corrected chi connectivity index (χ1v) is 6.58. The first-order chi connectivity index (χ1) is 10.6. The maximum absolute atomic E-state index is 11.8. The van der Waals surface area contributed by atoms with Crippen LogP contribution in [-0.2, 0) is 17.8 Å². The zero-order chi connectivity index (χ0) is 15.7. The number of fused-ring (bicyclic) bond motifs is 1. The number of hydrogen-bond donors (Lipinski definition) is 0. The number of nitrogens with zero attached hydrogens (tertiary/aromatic N) is 5. The van der Waals surface area contributed by atoms with Crippen molar-refractivity contribution in [1.82, 2.24) is 14.8 Å². The number of methoxy groups -OCH3 is 1. The molecule has 2 heterocycles. The van der Waals surface area contributed by atoms with Gasteiger partial charge < -0.3 is 14.2 Å². The number of esters is 1. The van der Waals surface area contributed by atoms with E-state index in [4.69, 9.17) is 0 Å². The van der Waals surface area contributed by atoms with Crippen molar-refractivity contribution in [2.24, 2.45) is 0 Å². The van der Waals surface area contributed by atoms with Crippen molar-refractivity contribution in [1.29, 1.82) is 0 Å². The molecular weight excluding hydrogens is 290 g/mol. The molecule has 114 valence electrons. The zero-order valence-electron chi connectivity index (χ0n) is 11.8. The summed E-state index contributed by atoms with van der Waals surface area (Å²) < 4.78 is 6.57. The third kappa shape index (κ3) is 2.36. The van der Waals surface area contributed by atoms with Crippen LogP contribution in [0.3, 0.4) is 0 Å². The molecule has 0 unspecified atom stereocenters. The van der Waals surface area contributed by atoms with E-state index < -0.39 is 10.9 Å². The molecule has 1 aliphatic rings. The number of carbonyl (C=O) groups excluding carboxylic acids is 1.